The molecule has 2 aromatic carbocycles. The Morgan fingerprint density at radius 2 is 1.32 bits per heavy atom. The van der Waals surface area contributed by atoms with Gasteiger partial charge in [-0.25, -0.2) is 0 Å². The van der Waals surface area contributed by atoms with Crippen molar-refractivity contribution >= 4 is 0 Å². The van der Waals surface area contributed by atoms with Crippen LogP contribution in [0.4, 0.5) is 0 Å². The summed E-state index contributed by atoms with van der Waals surface area (Å²) in [5, 5.41) is 9.96. The Hall–Kier alpha value is -1.60. The van der Waals surface area contributed by atoms with Crippen molar-refractivity contribution in [3.8, 4) is 0 Å². The monoisotopic (exact) mass is 252 g/mol. The summed E-state index contributed by atoms with van der Waals surface area (Å²) >= 11 is 0. The molecule has 1 unspecified atom stereocenters. The molecule has 2 aromatic rings. The van der Waals surface area contributed by atoms with Crippen LogP contribution in [0.1, 0.15) is 40.8 Å². The fourth-order valence-electron chi connectivity index (χ4n) is 2.86. The molecule has 0 spiro atoms. The van der Waals surface area contributed by atoms with Gasteiger partial charge in [0.15, 0.2) is 0 Å². The number of aryl methyl sites for hydroxylation is 4. The summed E-state index contributed by atoms with van der Waals surface area (Å²) in [6.07, 6.45) is 3.77. The third kappa shape index (κ3) is 2.71. The number of hydrogen-bond acceptors (Lipinski definition) is 1. The van der Waals surface area contributed by atoms with Gasteiger partial charge in [0.25, 0.3) is 0 Å². The van der Waals surface area contributed by atoms with Crippen LogP contribution in [0.5, 0.6) is 0 Å². The molecule has 1 heteroatoms. The number of aliphatic hydroxyl groups is 1. The van der Waals surface area contributed by atoms with Crippen LogP contribution in [0.2, 0.25) is 0 Å². The smallest absolute Gasteiger partial charge is 0.0764 e. The van der Waals surface area contributed by atoms with Gasteiger partial charge in [-0.05, 0) is 60.4 Å². The summed E-state index contributed by atoms with van der Waals surface area (Å²) in [5.41, 5.74) is 6.48. The summed E-state index contributed by atoms with van der Waals surface area (Å²) in [4.78, 5) is 0. The first-order valence-corrected chi connectivity index (χ1v) is 7.10. The lowest BCUT2D eigenvalue weighted by molar-refractivity contribution is 0.198. The number of benzene rings is 2. The maximum atomic E-state index is 9.96. The molecule has 0 saturated heterocycles. The van der Waals surface area contributed by atoms with E-state index in [0.29, 0.717) is 0 Å². The molecule has 1 N–H and O–H groups in total. The van der Waals surface area contributed by atoms with Crippen molar-refractivity contribution in [1.82, 2.24) is 0 Å². The summed E-state index contributed by atoms with van der Waals surface area (Å²) in [6.45, 7) is 1.86. The summed E-state index contributed by atoms with van der Waals surface area (Å²) in [7, 11) is 0. The van der Waals surface area contributed by atoms with Crippen LogP contribution >= 0.6 is 0 Å². The zero-order valence-corrected chi connectivity index (χ0v) is 11.4. The molecule has 4 aliphatic carbocycles. The van der Waals surface area contributed by atoms with Gasteiger partial charge >= 0.3 is 0 Å². The quantitative estimate of drug-likeness (QED) is 0.822. The van der Waals surface area contributed by atoms with Crippen LogP contribution in [0.15, 0.2) is 42.5 Å². The fourth-order valence-corrected chi connectivity index (χ4v) is 2.86. The summed E-state index contributed by atoms with van der Waals surface area (Å²) in [5.74, 6) is 0. The van der Waals surface area contributed by atoms with E-state index in [4.69, 9.17) is 0 Å². The Morgan fingerprint density at radius 3 is 1.95 bits per heavy atom. The number of rotatable bonds is 1. The van der Waals surface area contributed by atoms with E-state index >= 15 is 0 Å². The average Bonchev–Trinajstić information content (AvgIpc) is 2.41. The van der Waals surface area contributed by atoms with Crippen LogP contribution < -0.4 is 0 Å². The van der Waals surface area contributed by atoms with Crippen molar-refractivity contribution in [2.24, 2.45) is 0 Å². The van der Waals surface area contributed by atoms with Gasteiger partial charge in [-0.2, -0.15) is 0 Å². The lowest BCUT2D eigenvalue weighted by atomic mass is 9.92. The van der Waals surface area contributed by atoms with E-state index in [2.05, 4.69) is 42.5 Å². The topological polar surface area (TPSA) is 20.2 Å². The standard InChI is InChI=1S/C18H20O/c1-13(19)18-12-16-7-6-14-2-4-15(5-3-14)8-10-17(18)11-9-16/h2-5,9,11-13,19H,6-8,10H2,1H3. The summed E-state index contributed by atoms with van der Waals surface area (Å²) < 4.78 is 0. The highest BCUT2D eigenvalue weighted by molar-refractivity contribution is 5.36. The SMILES string of the molecule is CC(O)c1cc2ccc1CCc1ccc(cc1)CC2. The molecule has 0 aromatic heterocycles. The lowest BCUT2D eigenvalue weighted by Gasteiger charge is -2.16. The fraction of sp³-hybridized carbons (Fsp3) is 0.333. The highest BCUT2D eigenvalue weighted by Gasteiger charge is 2.10. The molecule has 1 atom stereocenters. The van der Waals surface area contributed by atoms with Gasteiger partial charge in [-0.1, -0.05) is 42.5 Å². The molecule has 6 rings (SSSR count). The molecule has 0 amide bonds. The highest BCUT2D eigenvalue weighted by atomic mass is 16.3. The summed E-state index contributed by atoms with van der Waals surface area (Å²) in [6, 6.07) is 15.6. The second kappa shape index (κ2) is 5.18. The van der Waals surface area contributed by atoms with E-state index in [-0.39, 0.29) is 6.10 Å². The van der Waals surface area contributed by atoms with E-state index in [1.807, 2.05) is 6.92 Å². The minimum atomic E-state index is -0.376. The Morgan fingerprint density at radius 1 is 0.789 bits per heavy atom. The van der Waals surface area contributed by atoms with Crippen molar-refractivity contribution < 1.29 is 5.11 Å². The van der Waals surface area contributed by atoms with Crippen LogP contribution in [-0.4, -0.2) is 5.11 Å². The first-order chi connectivity index (χ1) is 9.22. The van der Waals surface area contributed by atoms with Gasteiger partial charge in [0.05, 0.1) is 6.10 Å². The highest BCUT2D eigenvalue weighted by Crippen LogP contribution is 2.23. The Bertz CT molecular complexity index is 567. The van der Waals surface area contributed by atoms with Crippen molar-refractivity contribution in [1.29, 1.82) is 0 Å². The minimum Gasteiger partial charge on any atom is -0.389 e. The van der Waals surface area contributed by atoms with Crippen molar-refractivity contribution in [3.63, 3.8) is 0 Å². The van der Waals surface area contributed by atoms with Gasteiger partial charge in [0, 0.05) is 0 Å². The molecule has 4 aliphatic rings. The van der Waals surface area contributed by atoms with Gasteiger partial charge in [0.1, 0.15) is 0 Å². The second-order valence-electron chi connectivity index (χ2n) is 5.53. The molecule has 0 heterocycles. The lowest BCUT2D eigenvalue weighted by Crippen LogP contribution is -2.04. The molecular formula is C18H20O. The van der Waals surface area contributed by atoms with E-state index in [9.17, 15) is 5.11 Å². The molecule has 4 bridgehead atoms. The van der Waals surface area contributed by atoms with E-state index < -0.39 is 0 Å². The Labute approximate surface area is 114 Å². The van der Waals surface area contributed by atoms with Crippen LogP contribution in [0, 0.1) is 0 Å². The molecule has 0 aliphatic heterocycles. The predicted molar refractivity (Wildman–Crippen MR) is 78.3 cm³/mol. The van der Waals surface area contributed by atoms with E-state index in [1.54, 1.807) is 0 Å². The number of aliphatic hydroxyl groups excluding tert-OH is 1. The van der Waals surface area contributed by atoms with E-state index in [1.165, 1.54) is 22.3 Å². The molecule has 19 heavy (non-hydrogen) atoms. The molecule has 98 valence electrons. The number of hydrogen-bond donors (Lipinski definition) is 1. The van der Waals surface area contributed by atoms with E-state index in [0.717, 1.165) is 31.2 Å². The molecule has 1 nitrogen and oxygen atoms in total. The largest absolute Gasteiger partial charge is 0.389 e. The predicted octanol–water partition coefficient (Wildman–Crippen LogP) is 3.62. The molecule has 0 saturated carbocycles. The Kier molecular flexibility index (Phi) is 3.39. The minimum absolute atomic E-state index is 0.376. The van der Waals surface area contributed by atoms with Crippen LogP contribution in [-0.2, 0) is 25.7 Å². The van der Waals surface area contributed by atoms with Crippen molar-refractivity contribution in [2.45, 2.75) is 38.7 Å². The van der Waals surface area contributed by atoms with Gasteiger partial charge in [0.2, 0.25) is 0 Å². The second-order valence-corrected chi connectivity index (χ2v) is 5.53. The van der Waals surface area contributed by atoms with Gasteiger partial charge in [-0.15, -0.1) is 0 Å². The zero-order valence-electron chi connectivity index (χ0n) is 11.4. The molecular weight excluding hydrogens is 232 g/mol. The molecule has 0 radical (unpaired) electrons. The van der Waals surface area contributed by atoms with Gasteiger partial charge in [-0.3, -0.25) is 0 Å². The molecule has 0 fully saturated rings. The van der Waals surface area contributed by atoms with Crippen LogP contribution in [0.25, 0.3) is 0 Å². The third-order valence-corrected chi connectivity index (χ3v) is 4.07. The zero-order chi connectivity index (χ0) is 13.2. The van der Waals surface area contributed by atoms with Gasteiger partial charge < -0.3 is 5.11 Å². The maximum absolute atomic E-state index is 9.96. The maximum Gasteiger partial charge on any atom is 0.0764 e. The van der Waals surface area contributed by atoms with Crippen LogP contribution in [0.3, 0.4) is 0 Å². The average molecular weight is 252 g/mol. The normalized spacial score (nSPS) is 15.9. The first-order valence-electron chi connectivity index (χ1n) is 7.10. The first kappa shape index (κ1) is 12.4. The Balaban J connectivity index is 2.01. The van der Waals surface area contributed by atoms with Crippen molar-refractivity contribution in [2.75, 3.05) is 0 Å². The third-order valence-electron chi connectivity index (χ3n) is 4.07. The van der Waals surface area contributed by atoms with Crippen molar-refractivity contribution in [3.05, 3.63) is 70.3 Å².